The Morgan fingerprint density at radius 1 is 1.32 bits per heavy atom. The Bertz CT molecular complexity index is 529. The van der Waals surface area contributed by atoms with Crippen molar-refractivity contribution in [3.8, 4) is 11.5 Å². The number of hydrogen-bond donors (Lipinski definition) is 1. The molecule has 1 saturated carbocycles. The van der Waals surface area contributed by atoms with Crippen molar-refractivity contribution >= 4 is 6.03 Å². The van der Waals surface area contributed by atoms with E-state index in [1.807, 2.05) is 23.1 Å². The zero-order valence-corrected chi connectivity index (χ0v) is 13.1. The molecule has 2 amide bonds. The molecule has 0 unspecified atom stereocenters. The highest BCUT2D eigenvalue weighted by atomic mass is 16.7. The van der Waals surface area contributed by atoms with Gasteiger partial charge in [-0.25, -0.2) is 4.79 Å². The Hall–Kier alpha value is -1.91. The third-order valence-corrected chi connectivity index (χ3v) is 4.08. The first kappa shape index (κ1) is 15.0. The van der Waals surface area contributed by atoms with Gasteiger partial charge in [-0.15, -0.1) is 0 Å². The molecule has 0 radical (unpaired) electrons. The summed E-state index contributed by atoms with van der Waals surface area (Å²) in [6.07, 6.45) is 4.34. The van der Waals surface area contributed by atoms with E-state index in [1.54, 1.807) is 0 Å². The van der Waals surface area contributed by atoms with Crippen LogP contribution in [0.4, 0.5) is 4.79 Å². The van der Waals surface area contributed by atoms with E-state index in [0.29, 0.717) is 13.3 Å². The lowest BCUT2D eigenvalue weighted by Crippen LogP contribution is -2.42. The lowest BCUT2D eigenvalue weighted by molar-refractivity contribution is 0.174. The minimum Gasteiger partial charge on any atom is -0.454 e. The van der Waals surface area contributed by atoms with Crippen molar-refractivity contribution in [1.29, 1.82) is 0 Å². The van der Waals surface area contributed by atoms with E-state index in [9.17, 15) is 4.79 Å². The van der Waals surface area contributed by atoms with Gasteiger partial charge in [-0.05, 0) is 49.3 Å². The molecular formula is C17H24N2O3. The van der Waals surface area contributed by atoms with Gasteiger partial charge >= 0.3 is 6.03 Å². The fourth-order valence-electron chi connectivity index (χ4n) is 2.68. The molecule has 1 aliphatic carbocycles. The van der Waals surface area contributed by atoms with Crippen LogP contribution in [0.2, 0.25) is 0 Å². The maximum Gasteiger partial charge on any atom is 0.317 e. The molecule has 22 heavy (non-hydrogen) atoms. The van der Waals surface area contributed by atoms with Gasteiger partial charge in [0.05, 0.1) is 0 Å². The van der Waals surface area contributed by atoms with Crippen molar-refractivity contribution in [3.05, 3.63) is 23.8 Å². The van der Waals surface area contributed by atoms with Crippen molar-refractivity contribution in [3.63, 3.8) is 0 Å². The number of benzene rings is 1. The summed E-state index contributed by atoms with van der Waals surface area (Å²) in [4.78, 5) is 14.2. The number of nitrogens with one attached hydrogen (secondary N) is 1. The Kier molecular flexibility index (Phi) is 4.71. The number of hydrogen-bond acceptors (Lipinski definition) is 3. The maximum atomic E-state index is 12.2. The molecule has 0 spiro atoms. The number of nitrogens with zero attached hydrogens (tertiary/aromatic N) is 1. The molecule has 5 nitrogen and oxygen atoms in total. The predicted molar refractivity (Wildman–Crippen MR) is 84.3 cm³/mol. The smallest absolute Gasteiger partial charge is 0.317 e. The highest BCUT2D eigenvalue weighted by Gasteiger charge is 2.26. The van der Waals surface area contributed by atoms with Gasteiger partial charge in [-0.3, -0.25) is 0 Å². The Morgan fingerprint density at radius 3 is 2.91 bits per heavy atom. The largest absolute Gasteiger partial charge is 0.454 e. The third-order valence-electron chi connectivity index (χ3n) is 4.08. The molecule has 120 valence electrons. The minimum absolute atomic E-state index is 0.0643. The van der Waals surface area contributed by atoms with Crippen LogP contribution < -0.4 is 14.8 Å². The summed E-state index contributed by atoms with van der Waals surface area (Å²) in [5.74, 6) is 2.32. The standard InChI is InChI=1S/C17H24N2O3/c1-2-9-19(11-14-3-4-14)17(20)18-8-7-13-5-6-15-16(10-13)22-12-21-15/h5-6,10,14H,2-4,7-9,11-12H2,1H3,(H,18,20). The highest BCUT2D eigenvalue weighted by molar-refractivity contribution is 5.74. The van der Waals surface area contributed by atoms with Crippen molar-refractivity contribution in [2.24, 2.45) is 5.92 Å². The summed E-state index contributed by atoms with van der Waals surface area (Å²) in [6.45, 7) is 4.79. The monoisotopic (exact) mass is 304 g/mol. The SMILES string of the molecule is CCCN(CC1CC1)C(=O)NCCc1ccc2c(c1)OCO2. The van der Waals surface area contributed by atoms with E-state index in [-0.39, 0.29) is 6.03 Å². The average molecular weight is 304 g/mol. The van der Waals surface area contributed by atoms with Gasteiger partial charge in [0.2, 0.25) is 6.79 Å². The number of urea groups is 1. The molecule has 1 N–H and O–H groups in total. The van der Waals surface area contributed by atoms with E-state index < -0.39 is 0 Å². The predicted octanol–water partition coefficient (Wildman–Crippen LogP) is 2.79. The Labute approximate surface area is 131 Å². The first-order chi connectivity index (χ1) is 10.8. The molecule has 3 rings (SSSR count). The normalized spacial score (nSPS) is 15.7. The van der Waals surface area contributed by atoms with Gasteiger partial charge in [0.1, 0.15) is 0 Å². The first-order valence-corrected chi connectivity index (χ1v) is 8.17. The van der Waals surface area contributed by atoms with E-state index >= 15 is 0 Å². The lowest BCUT2D eigenvalue weighted by Gasteiger charge is -2.22. The van der Waals surface area contributed by atoms with Gasteiger partial charge in [0.25, 0.3) is 0 Å². The van der Waals surface area contributed by atoms with Crippen LogP contribution >= 0.6 is 0 Å². The molecule has 0 saturated heterocycles. The molecular weight excluding hydrogens is 280 g/mol. The number of fused-ring (bicyclic) bond motifs is 1. The van der Waals surface area contributed by atoms with Crippen LogP contribution in [-0.2, 0) is 6.42 Å². The summed E-state index contributed by atoms with van der Waals surface area (Å²) in [6, 6.07) is 6.00. The molecule has 0 aromatic heterocycles. The number of rotatable bonds is 7. The minimum atomic E-state index is 0.0643. The zero-order valence-electron chi connectivity index (χ0n) is 13.1. The maximum absolute atomic E-state index is 12.2. The highest BCUT2D eigenvalue weighted by Crippen LogP contribution is 2.32. The van der Waals surface area contributed by atoms with Gasteiger partial charge in [0, 0.05) is 19.6 Å². The van der Waals surface area contributed by atoms with Crippen LogP contribution in [0.1, 0.15) is 31.7 Å². The van der Waals surface area contributed by atoms with Gasteiger partial charge in [-0.1, -0.05) is 13.0 Å². The Morgan fingerprint density at radius 2 is 2.14 bits per heavy atom. The fourth-order valence-corrected chi connectivity index (χ4v) is 2.68. The summed E-state index contributed by atoms with van der Waals surface area (Å²) in [5, 5.41) is 3.03. The second-order valence-corrected chi connectivity index (χ2v) is 6.06. The van der Waals surface area contributed by atoms with Crippen LogP contribution in [0.15, 0.2) is 18.2 Å². The van der Waals surface area contributed by atoms with Crippen LogP contribution in [0.3, 0.4) is 0 Å². The number of amides is 2. The molecule has 1 aliphatic heterocycles. The zero-order chi connectivity index (χ0) is 15.4. The van der Waals surface area contributed by atoms with Crippen molar-refractivity contribution < 1.29 is 14.3 Å². The van der Waals surface area contributed by atoms with Gasteiger partial charge in [-0.2, -0.15) is 0 Å². The summed E-state index contributed by atoms with van der Waals surface area (Å²) in [5.41, 5.74) is 1.15. The van der Waals surface area contributed by atoms with E-state index in [0.717, 1.165) is 48.9 Å². The number of carbonyl (C=O) groups is 1. The molecule has 2 aliphatic rings. The molecule has 0 atom stereocenters. The fraction of sp³-hybridized carbons (Fsp3) is 0.588. The summed E-state index contributed by atoms with van der Waals surface area (Å²) in [7, 11) is 0. The second-order valence-electron chi connectivity index (χ2n) is 6.06. The molecule has 1 aromatic carbocycles. The molecule has 0 bridgehead atoms. The van der Waals surface area contributed by atoms with Crippen LogP contribution in [0, 0.1) is 5.92 Å². The van der Waals surface area contributed by atoms with Crippen LogP contribution in [0.25, 0.3) is 0 Å². The van der Waals surface area contributed by atoms with Crippen molar-refractivity contribution in [2.75, 3.05) is 26.4 Å². The second kappa shape index (κ2) is 6.90. The average Bonchev–Trinajstić information content (AvgIpc) is 3.21. The van der Waals surface area contributed by atoms with Crippen molar-refractivity contribution in [1.82, 2.24) is 10.2 Å². The summed E-state index contributed by atoms with van der Waals surface area (Å²) >= 11 is 0. The first-order valence-electron chi connectivity index (χ1n) is 8.17. The van der Waals surface area contributed by atoms with E-state index in [2.05, 4.69) is 12.2 Å². The lowest BCUT2D eigenvalue weighted by atomic mass is 10.1. The Balaban J connectivity index is 1.45. The van der Waals surface area contributed by atoms with E-state index in [1.165, 1.54) is 12.8 Å². The topological polar surface area (TPSA) is 50.8 Å². The van der Waals surface area contributed by atoms with Gasteiger partial charge < -0.3 is 19.7 Å². The molecule has 1 heterocycles. The molecule has 1 fully saturated rings. The quantitative estimate of drug-likeness (QED) is 0.842. The molecule has 1 aromatic rings. The molecule has 5 heteroatoms. The van der Waals surface area contributed by atoms with Crippen molar-refractivity contribution in [2.45, 2.75) is 32.6 Å². The summed E-state index contributed by atoms with van der Waals surface area (Å²) < 4.78 is 10.7. The van der Waals surface area contributed by atoms with Crippen LogP contribution in [0.5, 0.6) is 11.5 Å². The third kappa shape index (κ3) is 3.84. The number of carbonyl (C=O) groups excluding carboxylic acids is 1. The number of ether oxygens (including phenoxy) is 2. The van der Waals surface area contributed by atoms with Crippen LogP contribution in [-0.4, -0.2) is 37.4 Å². The van der Waals surface area contributed by atoms with Gasteiger partial charge in [0.15, 0.2) is 11.5 Å². The van der Waals surface area contributed by atoms with E-state index in [4.69, 9.17) is 9.47 Å².